The Bertz CT molecular complexity index is 1050. The summed E-state index contributed by atoms with van der Waals surface area (Å²) in [5.74, 6) is -0.656. The van der Waals surface area contributed by atoms with Crippen molar-refractivity contribution in [1.29, 1.82) is 0 Å². The van der Waals surface area contributed by atoms with Gasteiger partial charge in [0.15, 0.2) is 0 Å². The van der Waals surface area contributed by atoms with E-state index in [1.807, 2.05) is 30.3 Å². The molecule has 3 aromatic rings. The predicted molar refractivity (Wildman–Crippen MR) is 101 cm³/mol. The quantitative estimate of drug-likeness (QED) is 0.719. The number of anilines is 1. The van der Waals surface area contributed by atoms with Gasteiger partial charge in [-0.3, -0.25) is 9.59 Å². The molecular formula is C21H18FN3O2. The lowest BCUT2D eigenvalue weighted by atomic mass is 10.0. The molecule has 0 atom stereocenters. The van der Waals surface area contributed by atoms with Gasteiger partial charge in [-0.05, 0) is 36.6 Å². The Morgan fingerprint density at radius 1 is 1.07 bits per heavy atom. The van der Waals surface area contributed by atoms with Crippen LogP contribution in [0.2, 0.25) is 0 Å². The van der Waals surface area contributed by atoms with Crippen LogP contribution in [0.15, 0.2) is 65.5 Å². The van der Waals surface area contributed by atoms with E-state index in [1.165, 1.54) is 18.2 Å². The molecule has 1 aliphatic heterocycles. The summed E-state index contributed by atoms with van der Waals surface area (Å²) < 4.78 is 14.8. The average molecular weight is 363 g/mol. The Labute approximate surface area is 155 Å². The van der Waals surface area contributed by atoms with Crippen molar-refractivity contribution in [2.75, 3.05) is 11.4 Å². The minimum absolute atomic E-state index is 0.185. The lowest BCUT2D eigenvalue weighted by Crippen LogP contribution is -2.40. The fourth-order valence-corrected chi connectivity index (χ4v) is 3.35. The monoisotopic (exact) mass is 363 g/mol. The molecule has 0 saturated carbocycles. The number of fused-ring (bicyclic) bond motifs is 1. The number of rotatable bonds is 3. The molecule has 0 saturated heterocycles. The maximum absolute atomic E-state index is 13.7. The van der Waals surface area contributed by atoms with E-state index >= 15 is 0 Å². The molecule has 0 aliphatic carbocycles. The standard InChI is InChI=1S/C21H18FN3O2/c22-17-9-8-16-7-4-12-24(19(16)13-17)21(27)14-25-20(26)11-10-18(23-25)15-5-2-1-3-6-15/h1-3,5-6,8-11,13H,4,7,12,14H2. The van der Waals surface area contributed by atoms with E-state index in [4.69, 9.17) is 0 Å². The molecule has 1 aliphatic rings. The number of hydrogen-bond donors (Lipinski definition) is 0. The molecule has 0 fully saturated rings. The second-order valence-electron chi connectivity index (χ2n) is 6.50. The number of aryl methyl sites for hydroxylation is 1. The highest BCUT2D eigenvalue weighted by Crippen LogP contribution is 2.28. The van der Waals surface area contributed by atoms with Crippen LogP contribution in [-0.2, 0) is 17.8 Å². The van der Waals surface area contributed by atoms with Gasteiger partial charge in [-0.1, -0.05) is 36.4 Å². The molecule has 4 rings (SSSR count). The largest absolute Gasteiger partial charge is 0.310 e. The molecule has 0 spiro atoms. The summed E-state index contributed by atoms with van der Waals surface area (Å²) in [6.45, 7) is 0.317. The molecular weight excluding hydrogens is 345 g/mol. The Morgan fingerprint density at radius 3 is 2.70 bits per heavy atom. The van der Waals surface area contributed by atoms with Crippen LogP contribution in [-0.4, -0.2) is 22.2 Å². The Hall–Kier alpha value is -3.28. The van der Waals surface area contributed by atoms with E-state index in [1.54, 1.807) is 17.0 Å². The lowest BCUT2D eigenvalue weighted by molar-refractivity contribution is -0.119. The van der Waals surface area contributed by atoms with Gasteiger partial charge < -0.3 is 4.90 Å². The molecule has 0 N–H and O–H groups in total. The van der Waals surface area contributed by atoms with E-state index < -0.39 is 0 Å². The topological polar surface area (TPSA) is 55.2 Å². The van der Waals surface area contributed by atoms with Gasteiger partial charge in [-0.2, -0.15) is 5.10 Å². The minimum Gasteiger partial charge on any atom is -0.310 e. The summed E-state index contributed by atoms with van der Waals surface area (Å²) in [6, 6.07) is 17.0. The molecule has 1 aromatic heterocycles. The molecule has 0 bridgehead atoms. The third-order valence-electron chi connectivity index (χ3n) is 4.69. The van der Waals surface area contributed by atoms with E-state index in [-0.39, 0.29) is 23.8 Å². The number of amides is 1. The molecule has 27 heavy (non-hydrogen) atoms. The molecule has 0 radical (unpaired) electrons. The van der Waals surface area contributed by atoms with Crippen LogP contribution in [0.3, 0.4) is 0 Å². The maximum Gasteiger partial charge on any atom is 0.267 e. The highest BCUT2D eigenvalue weighted by Gasteiger charge is 2.23. The second kappa shape index (κ2) is 7.15. The minimum atomic E-state index is -0.380. The normalized spacial score (nSPS) is 13.3. The van der Waals surface area contributed by atoms with E-state index in [9.17, 15) is 14.0 Å². The van der Waals surface area contributed by atoms with Crippen molar-refractivity contribution >= 4 is 11.6 Å². The average Bonchev–Trinajstić information content (AvgIpc) is 2.69. The number of aromatic nitrogens is 2. The second-order valence-corrected chi connectivity index (χ2v) is 6.50. The summed E-state index contributed by atoms with van der Waals surface area (Å²) in [4.78, 5) is 26.6. The van der Waals surface area contributed by atoms with Gasteiger partial charge in [0.1, 0.15) is 12.4 Å². The summed E-state index contributed by atoms with van der Waals surface area (Å²) in [5.41, 5.74) is 2.66. The third kappa shape index (κ3) is 3.51. The van der Waals surface area contributed by atoms with E-state index in [2.05, 4.69) is 5.10 Å². The van der Waals surface area contributed by atoms with Crippen LogP contribution >= 0.6 is 0 Å². The molecule has 5 nitrogen and oxygen atoms in total. The zero-order valence-corrected chi connectivity index (χ0v) is 14.6. The van der Waals surface area contributed by atoms with Gasteiger partial charge in [0.2, 0.25) is 5.91 Å². The van der Waals surface area contributed by atoms with Crippen LogP contribution < -0.4 is 10.5 Å². The van der Waals surface area contributed by atoms with Crippen molar-refractivity contribution in [3.63, 3.8) is 0 Å². The van der Waals surface area contributed by atoms with E-state index in [0.717, 1.165) is 28.7 Å². The zero-order chi connectivity index (χ0) is 18.8. The molecule has 0 unspecified atom stereocenters. The van der Waals surface area contributed by atoms with Crippen molar-refractivity contribution in [3.05, 3.63) is 82.4 Å². The molecule has 2 aromatic carbocycles. The van der Waals surface area contributed by atoms with Crippen LogP contribution in [0.25, 0.3) is 11.3 Å². The number of halogens is 1. The van der Waals surface area contributed by atoms with Gasteiger partial charge in [0.25, 0.3) is 5.56 Å². The van der Waals surface area contributed by atoms with Crippen molar-refractivity contribution in [2.45, 2.75) is 19.4 Å². The molecule has 1 amide bonds. The van der Waals surface area contributed by atoms with Crippen molar-refractivity contribution in [2.24, 2.45) is 0 Å². The summed E-state index contributed by atoms with van der Waals surface area (Å²) in [7, 11) is 0. The molecule has 136 valence electrons. The summed E-state index contributed by atoms with van der Waals surface area (Å²) in [5, 5.41) is 4.33. The van der Waals surface area contributed by atoms with Crippen molar-refractivity contribution < 1.29 is 9.18 Å². The summed E-state index contributed by atoms with van der Waals surface area (Å²) >= 11 is 0. The van der Waals surface area contributed by atoms with Crippen LogP contribution in [0.5, 0.6) is 0 Å². The zero-order valence-electron chi connectivity index (χ0n) is 14.6. The first-order chi connectivity index (χ1) is 13.1. The SMILES string of the molecule is O=C(Cn1nc(-c2ccccc2)ccc1=O)N1CCCc2ccc(F)cc21. The van der Waals surface area contributed by atoms with Gasteiger partial charge in [-0.25, -0.2) is 9.07 Å². The molecule has 2 heterocycles. The van der Waals surface area contributed by atoms with Crippen molar-refractivity contribution in [3.8, 4) is 11.3 Å². The van der Waals surface area contributed by atoms with Crippen molar-refractivity contribution in [1.82, 2.24) is 9.78 Å². The first kappa shape index (κ1) is 17.1. The Balaban J connectivity index is 1.63. The fraction of sp³-hybridized carbons (Fsp3) is 0.190. The third-order valence-corrected chi connectivity index (χ3v) is 4.69. The number of nitrogens with zero attached hydrogens (tertiary/aromatic N) is 3. The highest BCUT2D eigenvalue weighted by atomic mass is 19.1. The van der Waals surface area contributed by atoms with Gasteiger partial charge in [-0.15, -0.1) is 0 Å². The van der Waals surface area contributed by atoms with Crippen LogP contribution in [0.4, 0.5) is 10.1 Å². The number of benzene rings is 2. The fourth-order valence-electron chi connectivity index (χ4n) is 3.35. The maximum atomic E-state index is 13.7. The van der Waals surface area contributed by atoms with Crippen LogP contribution in [0.1, 0.15) is 12.0 Å². The first-order valence-corrected chi connectivity index (χ1v) is 8.84. The smallest absolute Gasteiger partial charge is 0.267 e. The lowest BCUT2D eigenvalue weighted by Gasteiger charge is -2.29. The van der Waals surface area contributed by atoms with Gasteiger partial charge in [0.05, 0.1) is 5.69 Å². The van der Waals surface area contributed by atoms with E-state index in [0.29, 0.717) is 17.9 Å². The number of carbonyl (C=O) groups excluding carboxylic acids is 1. The van der Waals surface area contributed by atoms with Crippen LogP contribution in [0, 0.1) is 5.82 Å². The molecule has 6 heteroatoms. The highest BCUT2D eigenvalue weighted by molar-refractivity contribution is 5.94. The Kier molecular flexibility index (Phi) is 4.54. The summed E-state index contributed by atoms with van der Waals surface area (Å²) in [6.07, 6.45) is 1.61. The predicted octanol–water partition coefficient (Wildman–Crippen LogP) is 3.03. The number of carbonyl (C=O) groups is 1. The van der Waals surface area contributed by atoms with Gasteiger partial charge in [0, 0.05) is 23.9 Å². The number of hydrogen-bond acceptors (Lipinski definition) is 3. The van der Waals surface area contributed by atoms with Gasteiger partial charge >= 0.3 is 0 Å². The Morgan fingerprint density at radius 2 is 1.89 bits per heavy atom. The first-order valence-electron chi connectivity index (χ1n) is 8.84.